The Labute approximate surface area is 147 Å². The zero-order valence-electron chi connectivity index (χ0n) is 15.9. The van der Waals surface area contributed by atoms with Gasteiger partial charge < -0.3 is 18.9 Å². The topological polar surface area (TPSA) is 36.9 Å². The van der Waals surface area contributed by atoms with Crippen LogP contribution in [-0.2, 0) is 18.9 Å². The third-order valence-electron chi connectivity index (χ3n) is 6.23. The van der Waals surface area contributed by atoms with E-state index in [2.05, 4.69) is 13.8 Å². The first-order valence-corrected chi connectivity index (χ1v) is 10.2. The SMILES string of the molecule is CCCCC1(CC)OC2CCCC(OC3(OC)CCCCC3)C2O1. The van der Waals surface area contributed by atoms with Gasteiger partial charge in [0.1, 0.15) is 6.10 Å². The van der Waals surface area contributed by atoms with Crippen molar-refractivity contribution < 1.29 is 18.9 Å². The molecule has 1 saturated heterocycles. The molecule has 2 aliphatic carbocycles. The minimum Gasteiger partial charge on any atom is -0.353 e. The highest BCUT2D eigenvalue weighted by molar-refractivity contribution is 4.94. The summed E-state index contributed by atoms with van der Waals surface area (Å²) in [5.74, 6) is -0.779. The molecular formula is C20H36O4. The van der Waals surface area contributed by atoms with Crippen molar-refractivity contribution in [3.63, 3.8) is 0 Å². The van der Waals surface area contributed by atoms with E-state index in [1.54, 1.807) is 7.11 Å². The Balaban J connectivity index is 1.68. The fourth-order valence-electron chi connectivity index (χ4n) is 4.69. The predicted molar refractivity (Wildman–Crippen MR) is 93.8 cm³/mol. The molecule has 4 nitrogen and oxygen atoms in total. The van der Waals surface area contributed by atoms with Crippen LogP contribution in [0.3, 0.4) is 0 Å². The van der Waals surface area contributed by atoms with Gasteiger partial charge in [-0.05, 0) is 44.9 Å². The van der Waals surface area contributed by atoms with Crippen LogP contribution < -0.4 is 0 Å². The lowest BCUT2D eigenvalue weighted by molar-refractivity contribution is -0.283. The molecule has 0 N–H and O–H groups in total. The minimum absolute atomic E-state index is 0.0736. The van der Waals surface area contributed by atoms with Gasteiger partial charge in [-0.3, -0.25) is 0 Å². The first-order valence-electron chi connectivity index (χ1n) is 10.2. The Morgan fingerprint density at radius 3 is 2.46 bits per heavy atom. The fourth-order valence-corrected chi connectivity index (χ4v) is 4.69. The molecule has 0 bridgehead atoms. The van der Waals surface area contributed by atoms with E-state index in [0.29, 0.717) is 0 Å². The number of hydrogen-bond acceptors (Lipinski definition) is 4. The molecule has 3 aliphatic rings. The van der Waals surface area contributed by atoms with Gasteiger partial charge in [0.2, 0.25) is 0 Å². The highest BCUT2D eigenvalue weighted by Crippen LogP contribution is 2.44. The van der Waals surface area contributed by atoms with E-state index in [1.807, 2.05) is 0 Å². The normalized spacial score (nSPS) is 38.9. The molecule has 3 fully saturated rings. The van der Waals surface area contributed by atoms with Crippen LogP contribution >= 0.6 is 0 Å². The Hall–Kier alpha value is -0.160. The van der Waals surface area contributed by atoms with Gasteiger partial charge in [0.25, 0.3) is 0 Å². The lowest BCUT2D eigenvalue weighted by Gasteiger charge is -2.42. The van der Waals surface area contributed by atoms with Crippen LogP contribution in [0.1, 0.15) is 90.9 Å². The summed E-state index contributed by atoms with van der Waals surface area (Å²) in [6.45, 7) is 4.41. The third kappa shape index (κ3) is 3.82. The van der Waals surface area contributed by atoms with E-state index in [9.17, 15) is 0 Å². The molecule has 1 heterocycles. The minimum atomic E-state index is -0.394. The van der Waals surface area contributed by atoms with Gasteiger partial charge in [0.05, 0.1) is 12.2 Å². The number of fused-ring (bicyclic) bond motifs is 1. The third-order valence-corrected chi connectivity index (χ3v) is 6.23. The zero-order valence-corrected chi connectivity index (χ0v) is 15.9. The van der Waals surface area contributed by atoms with E-state index in [4.69, 9.17) is 18.9 Å². The quantitative estimate of drug-likeness (QED) is 0.615. The summed E-state index contributed by atoms with van der Waals surface area (Å²) in [6, 6.07) is 0. The smallest absolute Gasteiger partial charge is 0.169 e. The maximum absolute atomic E-state index is 6.60. The Morgan fingerprint density at radius 2 is 1.79 bits per heavy atom. The standard InChI is InChI=1S/C20H36O4/c1-4-6-13-19(5-2)22-16-11-10-12-17(18(16)24-19)23-20(21-3)14-8-7-9-15-20/h16-18H,4-15H2,1-3H3. The lowest BCUT2D eigenvalue weighted by Crippen LogP contribution is -2.48. The van der Waals surface area contributed by atoms with Crippen LogP contribution in [0.2, 0.25) is 0 Å². The van der Waals surface area contributed by atoms with Crippen LogP contribution in [0, 0.1) is 0 Å². The van der Waals surface area contributed by atoms with Crippen molar-refractivity contribution in [3.05, 3.63) is 0 Å². The number of hydrogen-bond donors (Lipinski definition) is 0. The average Bonchev–Trinajstić information content (AvgIpc) is 3.01. The molecule has 0 radical (unpaired) electrons. The molecule has 0 aromatic carbocycles. The van der Waals surface area contributed by atoms with E-state index >= 15 is 0 Å². The second-order valence-electron chi connectivity index (χ2n) is 7.87. The summed E-state index contributed by atoms with van der Waals surface area (Å²) in [5.41, 5.74) is 0. The first kappa shape index (κ1) is 18.6. The number of rotatable bonds is 7. The molecule has 140 valence electrons. The summed E-state index contributed by atoms with van der Waals surface area (Å²) in [6.07, 6.45) is 13.6. The van der Waals surface area contributed by atoms with Crippen LogP contribution in [0.25, 0.3) is 0 Å². The first-order chi connectivity index (χ1) is 11.7. The zero-order chi connectivity index (χ0) is 17.0. The molecular weight excluding hydrogens is 304 g/mol. The molecule has 0 aromatic rings. The van der Waals surface area contributed by atoms with Gasteiger partial charge in [-0.1, -0.05) is 26.7 Å². The number of unbranched alkanes of at least 4 members (excludes halogenated alkanes) is 1. The van der Waals surface area contributed by atoms with E-state index in [1.165, 1.54) is 25.7 Å². The summed E-state index contributed by atoms with van der Waals surface area (Å²) in [7, 11) is 1.80. The van der Waals surface area contributed by atoms with Gasteiger partial charge in [0, 0.05) is 26.4 Å². The second kappa shape index (κ2) is 8.03. The lowest BCUT2D eigenvalue weighted by atomic mass is 9.90. The van der Waals surface area contributed by atoms with E-state index < -0.39 is 5.79 Å². The summed E-state index contributed by atoms with van der Waals surface area (Å²) >= 11 is 0. The predicted octanol–water partition coefficient (Wildman–Crippen LogP) is 4.94. The fraction of sp³-hybridized carbons (Fsp3) is 1.00. The molecule has 0 spiro atoms. The average molecular weight is 341 g/mol. The molecule has 3 rings (SSSR count). The van der Waals surface area contributed by atoms with Crippen molar-refractivity contribution in [2.24, 2.45) is 0 Å². The van der Waals surface area contributed by atoms with Crippen molar-refractivity contribution in [2.75, 3.05) is 7.11 Å². The Bertz CT molecular complexity index is 393. The molecule has 0 amide bonds. The molecule has 1 aliphatic heterocycles. The Kier molecular flexibility index (Phi) is 6.23. The molecule has 4 unspecified atom stereocenters. The van der Waals surface area contributed by atoms with E-state index in [0.717, 1.165) is 51.4 Å². The summed E-state index contributed by atoms with van der Waals surface area (Å²) in [5, 5.41) is 0. The molecule has 24 heavy (non-hydrogen) atoms. The van der Waals surface area contributed by atoms with Gasteiger partial charge in [-0.25, -0.2) is 0 Å². The van der Waals surface area contributed by atoms with E-state index in [-0.39, 0.29) is 24.1 Å². The summed E-state index contributed by atoms with van der Waals surface area (Å²) in [4.78, 5) is 0. The van der Waals surface area contributed by atoms with Crippen molar-refractivity contribution in [2.45, 2.75) is 121 Å². The Morgan fingerprint density at radius 1 is 1.00 bits per heavy atom. The molecule has 4 atom stereocenters. The van der Waals surface area contributed by atoms with Crippen LogP contribution in [0.15, 0.2) is 0 Å². The molecule has 2 saturated carbocycles. The van der Waals surface area contributed by atoms with Crippen molar-refractivity contribution >= 4 is 0 Å². The maximum Gasteiger partial charge on any atom is 0.169 e. The van der Waals surface area contributed by atoms with Crippen LogP contribution in [0.5, 0.6) is 0 Å². The number of methoxy groups -OCH3 is 1. The second-order valence-corrected chi connectivity index (χ2v) is 7.87. The summed E-state index contributed by atoms with van der Waals surface area (Å²) < 4.78 is 25.4. The van der Waals surface area contributed by atoms with Gasteiger partial charge in [-0.15, -0.1) is 0 Å². The van der Waals surface area contributed by atoms with Gasteiger partial charge >= 0.3 is 0 Å². The highest BCUT2D eigenvalue weighted by atomic mass is 16.8. The van der Waals surface area contributed by atoms with Crippen LogP contribution in [-0.4, -0.2) is 37.0 Å². The van der Waals surface area contributed by atoms with Crippen molar-refractivity contribution in [3.8, 4) is 0 Å². The van der Waals surface area contributed by atoms with Crippen molar-refractivity contribution in [1.82, 2.24) is 0 Å². The van der Waals surface area contributed by atoms with Crippen molar-refractivity contribution in [1.29, 1.82) is 0 Å². The number of ether oxygens (including phenoxy) is 4. The molecule has 0 aromatic heterocycles. The molecule has 4 heteroatoms. The van der Waals surface area contributed by atoms with Gasteiger partial charge in [0.15, 0.2) is 11.6 Å². The highest BCUT2D eigenvalue weighted by Gasteiger charge is 2.52. The van der Waals surface area contributed by atoms with Crippen LogP contribution in [0.4, 0.5) is 0 Å². The largest absolute Gasteiger partial charge is 0.353 e. The monoisotopic (exact) mass is 340 g/mol. The van der Waals surface area contributed by atoms with Gasteiger partial charge in [-0.2, -0.15) is 0 Å². The maximum atomic E-state index is 6.60.